The van der Waals surface area contributed by atoms with Crippen molar-refractivity contribution in [3.8, 4) is 17.4 Å². The first-order valence-electron chi connectivity index (χ1n) is 11.1. The number of rotatable bonds is 7. The van der Waals surface area contributed by atoms with Crippen LogP contribution >= 0.6 is 22.7 Å². The number of nitrogens with one attached hydrogen (secondary N) is 1. The summed E-state index contributed by atoms with van der Waals surface area (Å²) in [6.07, 6.45) is 6.53. The van der Waals surface area contributed by atoms with Crippen LogP contribution in [0.4, 0.5) is 10.1 Å². The van der Waals surface area contributed by atoms with Crippen LogP contribution in [0.1, 0.15) is 46.5 Å². The number of fused-ring (bicyclic) bond motifs is 1. The molecule has 0 saturated heterocycles. The summed E-state index contributed by atoms with van der Waals surface area (Å²) in [5.74, 6) is 1.14. The molecule has 0 fully saturated rings. The molecule has 8 nitrogen and oxygen atoms in total. The molecule has 11 heteroatoms. The van der Waals surface area contributed by atoms with Gasteiger partial charge in [0.2, 0.25) is 5.13 Å². The molecule has 1 aliphatic rings. The van der Waals surface area contributed by atoms with E-state index in [2.05, 4.69) is 26.0 Å². The predicted molar refractivity (Wildman–Crippen MR) is 137 cm³/mol. The first-order chi connectivity index (χ1) is 17.0. The first kappa shape index (κ1) is 23.4. The van der Waals surface area contributed by atoms with E-state index >= 15 is 0 Å². The Hall–Kier alpha value is -3.33. The van der Waals surface area contributed by atoms with Crippen molar-refractivity contribution in [1.29, 1.82) is 5.26 Å². The molecule has 3 heterocycles. The molecule has 35 heavy (non-hydrogen) atoms. The molecule has 0 atom stereocenters. The zero-order valence-corrected chi connectivity index (χ0v) is 21.3. The molecule has 1 aromatic carbocycles. The molecule has 0 radical (unpaired) electrons. The largest absolute Gasteiger partial charge is 0.455 e. The fourth-order valence-corrected chi connectivity index (χ4v) is 6.96. The summed E-state index contributed by atoms with van der Waals surface area (Å²) in [5.41, 5.74) is 2.56. The minimum absolute atomic E-state index is 0.119. The van der Waals surface area contributed by atoms with Gasteiger partial charge in [0, 0.05) is 10.4 Å². The second-order valence-electron chi connectivity index (χ2n) is 7.95. The first-order valence-corrected chi connectivity index (χ1v) is 14.2. The van der Waals surface area contributed by atoms with Crippen LogP contribution < -0.4 is 4.72 Å². The van der Waals surface area contributed by atoms with Gasteiger partial charge in [0.1, 0.15) is 27.6 Å². The van der Waals surface area contributed by atoms with Crippen LogP contribution in [0.5, 0.6) is 0 Å². The third-order valence-electron chi connectivity index (χ3n) is 5.64. The Morgan fingerprint density at radius 2 is 1.94 bits per heavy atom. The smallest absolute Gasteiger partial charge is 0.263 e. The maximum absolute atomic E-state index is 12.7. The molecule has 178 valence electrons. The molecule has 1 N–H and O–H groups in total. The van der Waals surface area contributed by atoms with Crippen molar-refractivity contribution in [1.82, 2.24) is 10.2 Å². The highest BCUT2D eigenvalue weighted by Crippen LogP contribution is 2.39. The number of sulfonamides is 1. The quantitative estimate of drug-likeness (QED) is 0.309. The van der Waals surface area contributed by atoms with E-state index in [1.54, 1.807) is 41.8 Å². The molecule has 3 aromatic heterocycles. The van der Waals surface area contributed by atoms with Gasteiger partial charge in [-0.3, -0.25) is 4.72 Å². The molecule has 0 amide bonds. The topological polar surface area (TPSA) is 121 Å². The van der Waals surface area contributed by atoms with E-state index in [0.717, 1.165) is 46.8 Å². The predicted octanol–water partition coefficient (Wildman–Crippen LogP) is 5.72. The van der Waals surface area contributed by atoms with E-state index in [1.807, 2.05) is 6.92 Å². The lowest BCUT2D eigenvalue weighted by atomic mass is 9.96. The zero-order chi connectivity index (χ0) is 24.4. The van der Waals surface area contributed by atoms with Crippen molar-refractivity contribution in [3.63, 3.8) is 0 Å². The Morgan fingerprint density at radius 3 is 2.69 bits per heavy atom. The van der Waals surface area contributed by atoms with Gasteiger partial charge in [0.25, 0.3) is 10.0 Å². The van der Waals surface area contributed by atoms with E-state index in [1.165, 1.54) is 28.3 Å². The van der Waals surface area contributed by atoms with Gasteiger partial charge in [-0.05, 0) is 74.1 Å². The third kappa shape index (κ3) is 4.91. The van der Waals surface area contributed by atoms with E-state index in [-0.39, 0.29) is 10.0 Å². The second kappa shape index (κ2) is 9.73. The van der Waals surface area contributed by atoms with Crippen molar-refractivity contribution in [2.24, 2.45) is 4.99 Å². The van der Waals surface area contributed by atoms with Crippen LogP contribution in [0, 0.1) is 11.3 Å². The lowest BCUT2D eigenvalue weighted by Gasteiger charge is -2.09. The fourth-order valence-electron chi connectivity index (χ4n) is 3.87. The highest BCUT2D eigenvalue weighted by Gasteiger charge is 2.20. The van der Waals surface area contributed by atoms with Gasteiger partial charge in [0.05, 0.1) is 16.7 Å². The summed E-state index contributed by atoms with van der Waals surface area (Å²) < 4.78 is 33.7. The monoisotopic (exact) mass is 523 g/mol. The minimum atomic E-state index is -3.77. The van der Waals surface area contributed by atoms with Crippen molar-refractivity contribution < 1.29 is 12.8 Å². The van der Waals surface area contributed by atoms with Crippen LogP contribution in [-0.2, 0) is 29.3 Å². The van der Waals surface area contributed by atoms with Crippen molar-refractivity contribution in [2.75, 3.05) is 4.72 Å². The number of furan rings is 1. The number of thiophene rings is 1. The fraction of sp³-hybridized carbons (Fsp3) is 0.250. The normalized spacial score (nSPS) is 13.6. The van der Waals surface area contributed by atoms with Crippen LogP contribution in [0.15, 0.2) is 50.7 Å². The molecular weight excluding hydrogens is 502 g/mol. The summed E-state index contributed by atoms with van der Waals surface area (Å²) in [7, 11) is -3.77. The minimum Gasteiger partial charge on any atom is -0.455 e. The number of aryl methyl sites for hydroxylation is 2. The number of nitriles is 1. The number of aliphatic imine (C=N–C) groups is 1. The number of aromatic nitrogens is 2. The van der Waals surface area contributed by atoms with Gasteiger partial charge in [-0.15, -0.1) is 21.5 Å². The third-order valence-corrected chi connectivity index (χ3v) is 9.31. The van der Waals surface area contributed by atoms with E-state index in [9.17, 15) is 13.7 Å². The second-order valence-corrected chi connectivity index (χ2v) is 11.8. The number of anilines is 1. The number of hydrogen-bond acceptors (Lipinski definition) is 9. The maximum Gasteiger partial charge on any atom is 0.263 e. The summed E-state index contributed by atoms with van der Waals surface area (Å²) in [4.78, 5) is 5.92. The summed E-state index contributed by atoms with van der Waals surface area (Å²) in [6, 6.07) is 12.3. The zero-order valence-electron chi connectivity index (χ0n) is 18.8. The number of benzene rings is 1. The molecular formula is C24H21N5O3S3. The van der Waals surface area contributed by atoms with Gasteiger partial charge in [-0.25, -0.2) is 13.4 Å². The molecule has 0 unspecified atom stereocenters. The Labute approximate surface area is 211 Å². The van der Waals surface area contributed by atoms with Gasteiger partial charge in [-0.2, -0.15) is 5.26 Å². The summed E-state index contributed by atoms with van der Waals surface area (Å²) in [5, 5.41) is 19.1. The number of hydrogen-bond donors (Lipinski definition) is 1. The molecule has 5 rings (SSSR count). The Morgan fingerprint density at radius 1 is 1.14 bits per heavy atom. The van der Waals surface area contributed by atoms with Gasteiger partial charge in [-0.1, -0.05) is 18.3 Å². The van der Waals surface area contributed by atoms with Crippen LogP contribution in [-0.4, -0.2) is 24.8 Å². The Kier molecular flexibility index (Phi) is 6.51. The summed E-state index contributed by atoms with van der Waals surface area (Å²) in [6.45, 7) is 1.93. The Bertz CT molecular complexity index is 1540. The van der Waals surface area contributed by atoms with Gasteiger partial charge >= 0.3 is 0 Å². The molecule has 4 aromatic rings. The average Bonchev–Trinajstić information content (AvgIpc) is 3.60. The standard InChI is InChI=1S/C24H21N5O3S3/c1-2-22-27-28-24(34-22)29-35(30,31)17-10-7-15(8-11-17)20-12-9-16(32-20)14-26-23-19(13-25)18-5-3-4-6-21(18)33-23/h7-12,14H,2-6H2,1H3,(H,28,29). The average molecular weight is 524 g/mol. The van der Waals surface area contributed by atoms with Gasteiger partial charge in [0.15, 0.2) is 0 Å². The molecule has 0 aliphatic heterocycles. The van der Waals surface area contributed by atoms with E-state index in [0.29, 0.717) is 23.5 Å². The summed E-state index contributed by atoms with van der Waals surface area (Å²) >= 11 is 2.80. The van der Waals surface area contributed by atoms with Crippen molar-refractivity contribution in [3.05, 3.63) is 63.2 Å². The lowest BCUT2D eigenvalue weighted by Crippen LogP contribution is -2.12. The Balaban J connectivity index is 1.31. The van der Waals surface area contributed by atoms with Crippen LogP contribution in [0.25, 0.3) is 11.3 Å². The van der Waals surface area contributed by atoms with Crippen LogP contribution in [0.2, 0.25) is 0 Å². The molecule has 1 aliphatic carbocycles. The van der Waals surface area contributed by atoms with Gasteiger partial charge < -0.3 is 4.42 Å². The SMILES string of the molecule is CCc1nnc(NS(=O)(=O)c2ccc(-c3ccc(C=Nc4sc5c(c4C#N)CCCC5)o3)cc2)s1. The van der Waals surface area contributed by atoms with Crippen LogP contribution in [0.3, 0.4) is 0 Å². The lowest BCUT2D eigenvalue weighted by molar-refractivity contribution is 0.575. The highest BCUT2D eigenvalue weighted by atomic mass is 32.2. The number of nitrogens with zero attached hydrogens (tertiary/aromatic N) is 4. The molecule has 0 bridgehead atoms. The van der Waals surface area contributed by atoms with E-state index < -0.39 is 10.0 Å². The molecule has 0 spiro atoms. The maximum atomic E-state index is 12.7. The van der Waals surface area contributed by atoms with Crippen molar-refractivity contribution >= 4 is 49.0 Å². The molecule has 0 saturated carbocycles. The highest BCUT2D eigenvalue weighted by molar-refractivity contribution is 7.93. The van der Waals surface area contributed by atoms with Crippen molar-refractivity contribution in [2.45, 2.75) is 43.9 Å². The van der Waals surface area contributed by atoms with E-state index in [4.69, 9.17) is 4.42 Å².